The van der Waals surface area contributed by atoms with Crippen LogP contribution in [0.3, 0.4) is 0 Å². The van der Waals surface area contributed by atoms with E-state index in [1.165, 1.54) is 5.69 Å². The molecule has 3 aromatic rings. The summed E-state index contributed by atoms with van der Waals surface area (Å²) in [4.78, 5) is 25.6. The second-order valence-electron chi connectivity index (χ2n) is 6.69. The van der Waals surface area contributed by atoms with Crippen LogP contribution < -0.4 is 10.2 Å². The Bertz CT molecular complexity index is 1020. The second-order valence-corrected chi connectivity index (χ2v) is 6.69. The molecule has 1 amide bonds. The summed E-state index contributed by atoms with van der Waals surface area (Å²) in [5.74, 6) is 0.256. The third-order valence-corrected chi connectivity index (χ3v) is 4.83. The lowest BCUT2D eigenvalue weighted by molar-refractivity contribution is 0.0741. The highest BCUT2D eigenvalue weighted by Crippen LogP contribution is 2.17. The number of para-hydroxylation sites is 1. The highest BCUT2D eigenvalue weighted by molar-refractivity contribution is 5.92. The zero-order chi connectivity index (χ0) is 20.1. The van der Waals surface area contributed by atoms with Crippen LogP contribution in [-0.2, 0) is 0 Å². The van der Waals surface area contributed by atoms with Crippen LogP contribution in [0.15, 0.2) is 66.9 Å². The zero-order valence-electron chi connectivity index (χ0n) is 15.8. The SMILES string of the molecule is N#Cc1ccc(Nc2nccc(C(=O)N3CCN(c4ccccc4)CC3)n2)cc1. The quantitative estimate of drug-likeness (QED) is 0.744. The zero-order valence-corrected chi connectivity index (χ0v) is 15.8. The number of carbonyl (C=O) groups excluding carboxylic acids is 1. The van der Waals surface area contributed by atoms with Crippen molar-refractivity contribution in [2.24, 2.45) is 0 Å². The fraction of sp³-hybridized carbons (Fsp3) is 0.182. The highest BCUT2D eigenvalue weighted by atomic mass is 16.2. The number of hydrogen-bond donors (Lipinski definition) is 1. The molecule has 1 aromatic heterocycles. The number of nitrogens with zero attached hydrogens (tertiary/aromatic N) is 5. The molecular weight excluding hydrogens is 364 g/mol. The summed E-state index contributed by atoms with van der Waals surface area (Å²) in [6.45, 7) is 2.88. The monoisotopic (exact) mass is 384 g/mol. The molecule has 1 aliphatic heterocycles. The number of nitrogens with one attached hydrogen (secondary N) is 1. The Labute approximate surface area is 169 Å². The van der Waals surface area contributed by atoms with Gasteiger partial charge in [-0.1, -0.05) is 18.2 Å². The minimum absolute atomic E-state index is 0.0945. The number of rotatable bonds is 4. The van der Waals surface area contributed by atoms with Gasteiger partial charge >= 0.3 is 0 Å². The van der Waals surface area contributed by atoms with Crippen molar-refractivity contribution in [1.82, 2.24) is 14.9 Å². The van der Waals surface area contributed by atoms with E-state index in [0.29, 0.717) is 30.3 Å². The first kappa shape index (κ1) is 18.4. The molecule has 4 rings (SSSR count). The van der Waals surface area contributed by atoms with E-state index >= 15 is 0 Å². The predicted octanol–water partition coefficient (Wildman–Crippen LogP) is 3.05. The number of carbonyl (C=O) groups is 1. The Morgan fingerprint density at radius 2 is 1.69 bits per heavy atom. The summed E-state index contributed by atoms with van der Waals surface area (Å²) in [5.41, 5.74) is 2.87. The van der Waals surface area contributed by atoms with E-state index in [-0.39, 0.29) is 5.91 Å². The van der Waals surface area contributed by atoms with Gasteiger partial charge in [-0.2, -0.15) is 5.26 Å². The van der Waals surface area contributed by atoms with Gasteiger partial charge in [-0.3, -0.25) is 4.79 Å². The van der Waals surface area contributed by atoms with Crippen molar-refractivity contribution >= 4 is 23.2 Å². The van der Waals surface area contributed by atoms with Gasteiger partial charge in [0.15, 0.2) is 0 Å². The van der Waals surface area contributed by atoms with Gasteiger partial charge < -0.3 is 15.1 Å². The van der Waals surface area contributed by atoms with E-state index in [1.807, 2.05) is 23.1 Å². The molecule has 0 radical (unpaired) electrons. The first-order chi connectivity index (χ1) is 14.2. The van der Waals surface area contributed by atoms with E-state index in [0.717, 1.165) is 18.8 Å². The summed E-state index contributed by atoms with van der Waals surface area (Å²) < 4.78 is 0. The molecule has 1 saturated heterocycles. The molecule has 0 atom stereocenters. The third-order valence-electron chi connectivity index (χ3n) is 4.83. The number of anilines is 3. The lowest BCUT2D eigenvalue weighted by Crippen LogP contribution is -2.49. The summed E-state index contributed by atoms with van der Waals surface area (Å²) in [6, 6.07) is 20.9. The van der Waals surface area contributed by atoms with Crippen molar-refractivity contribution in [3.63, 3.8) is 0 Å². The average Bonchev–Trinajstić information content (AvgIpc) is 2.80. The maximum Gasteiger partial charge on any atom is 0.272 e. The van der Waals surface area contributed by atoms with Crippen molar-refractivity contribution in [3.05, 3.63) is 78.1 Å². The second kappa shape index (κ2) is 8.40. The van der Waals surface area contributed by atoms with Crippen molar-refractivity contribution in [1.29, 1.82) is 5.26 Å². The maximum absolute atomic E-state index is 12.9. The lowest BCUT2D eigenvalue weighted by atomic mass is 10.2. The molecule has 0 saturated carbocycles. The summed E-state index contributed by atoms with van der Waals surface area (Å²) in [6.07, 6.45) is 1.58. The molecule has 2 aromatic carbocycles. The number of nitriles is 1. The molecule has 144 valence electrons. The molecule has 0 bridgehead atoms. The first-order valence-electron chi connectivity index (χ1n) is 9.42. The van der Waals surface area contributed by atoms with Gasteiger partial charge in [0.05, 0.1) is 11.6 Å². The predicted molar refractivity (Wildman–Crippen MR) is 111 cm³/mol. The molecular formula is C22H20N6O. The Morgan fingerprint density at radius 3 is 2.38 bits per heavy atom. The van der Waals surface area contributed by atoms with E-state index in [9.17, 15) is 4.79 Å². The smallest absolute Gasteiger partial charge is 0.272 e. The number of hydrogen-bond acceptors (Lipinski definition) is 6. The molecule has 7 heteroatoms. The van der Waals surface area contributed by atoms with Crippen molar-refractivity contribution in [2.45, 2.75) is 0 Å². The van der Waals surface area contributed by atoms with Crippen molar-refractivity contribution in [2.75, 3.05) is 36.4 Å². The first-order valence-corrected chi connectivity index (χ1v) is 9.42. The fourth-order valence-corrected chi connectivity index (χ4v) is 3.26. The Balaban J connectivity index is 1.40. The molecule has 0 unspecified atom stereocenters. The molecule has 1 N–H and O–H groups in total. The fourth-order valence-electron chi connectivity index (χ4n) is 3.26. The Morgan fingerprint density at radius 1 is 0.966 bits per heavy atom. The minimum atomic E-state index is -0.0945. The molecule has 1 aliphatic rings. The minimum Gasteiger partial charge on any atom is -0.368 e. The Hall–Kier alpha value is -3.92. The van der Waals surface area contributed by atoms with E-state index in [2.05, 4.69) is 38.4 Å². The summed E-state index contributed by atoms with van der Waals surface area (Å²) in [5, 5.41) is 12.0. The number of benzene rings is 2. The van der Waals surface area contributed by atoms with Crippen molar-refractivity contribution in [3.8, 4) is 6.07 Å². The summed E-state index contributed by atoms with van der Waals surface area (Å²) in [7, 11) is 0. The van der Waals surface area contributed by atoms with E-state index < -0.39 is 0 Å². The topological polar surface area (TPSA) is 85.1 Å². The normalized spacial score (nSPS) is 13.6. The van der Waals surface area contributed by atoms with Gasteiger partial charge in [-0.15, -0.1) is 0 Å². The van der Waals surface area contributed by atoms with Crippen LogP contribution >= 0.6 is 0 Å². The van der Waals surface area contributed by atoms with Crippen LogP contribution in [-0.4, -0.2) is 47.0 Å². The van der Waals surface area contributed by atoms with Crippen LogP contribution in [0.25, 0.3) is 0 Å². The molecule has 0 aliphatic carbocycles. The van der Waals surface area contributed by atoms with Crippen molar-refractivity contribution < 1.29 is 4.79 Å². The Kier molecular flexibility index (Phi) is 5.34. The van der Waals surface area contributed by atoms with Crippen LogP contribution in [0.2, 0.25) is 0 Å². The summed E-state index contributed by atoms with van der Waals surface area (Å²) >= 11 is 0. The number of amides is 1. The molecule has 0 spiro atoms. The van der Waals surface area contributed by atoms with Crippen LogP contribution in [0.1, 0.15) is 16.1 Å². The molecule has 7 nitrogen and oxygen atoms in total. The number of aromatic nitrogens is 2. The molecule has 1 fully saturated rings. The lowest BCUT2D eigenvalue weighted by Gasteiger charge is -2.36. The highest BCUT2D eigenvalue weighted by Gasteiger charge is 2.23. The van der Waals surface area contributed by atoms with E-state index in [4.69, 9.17) is 5.26 Å². The van der Waals surface area contributed by atoms with Crippen LogP contribution in [0, 0.1) is 11.3 Å². The van der Waals surface area contributed by atoms with Gasteiger partial charge in [0, 0.05) is 43.8 Å². The van der Waals surface area contributed by atoms with Gasteiger partial charge in [-0.05, 0) is 42.5 Å². The standard InChI is InChI=1S/C22H20N6O/c23-16-17-6-8-18(9-7-17)25-22-24-11-10-20(26-22)21(29)28-14-12-27(13-15-28)19-4-2-1-3-5-19/h1-11H,12-15H2,(H,24,25,26). The third kappa shape index (κ3) is 4.33. The van der Waals surface area contributed by atoms with Crippen LogP contribution in [0.4, 0.5) is 17.3 Å². The van der Waals surface area contributed by atoms with Gasteiger partial charge in [0.25, 0.3) is 5.91 Å². The number of piperazine rings is 1. The largest absolute Gasteiger partial charge is 0.368 e. The average molecular weight is 384 g/mol. The van der Waals surface area contributed by atoms with Gasteiger partial charge in [0.2, 0.25) is 5.95 Å². The van der Waals surface area contributed by atoms with Gasteiger partial charge in [-0.25, -0.2) is 9.97 Å². The van der Waals surface area contributed by atoms with Crippen LogP contribution in [0.5, 0.6) is 0 Å². The molecule has 2 heterocycles. The van der Waals surface area contributed by atoms with Gasteiger partial charge in [0.1, 0.15) is 5.69 Å². The maximum atomic E-state index is 12.9. The molecule has 29 heavy (non-hydrogen) atoms. The van der Waals surface area contributed by atoms with E-state index in [1.54, 1.807) is 36.5 Å².